The quantitative estimate of drug-likeness (QED) is 0.780. The highest BCUT2D eigenvalue weighted by atomic mass is 32.3. The van der Waals surface area contributed by atoms with Gasteiger partial charge in [0.1, 0.15) is 0 Å². The van der Waals surface area contributed by atoms with E-state index < -0.39 is 25.1 Å². The molecule has 1 heterocycles. The monoisotopic (exact) mass is 339 g/mol. The largest absolute Gasteiger partial charge is 0.332 e. The molecule has 1 aromatic carbocycles. The van der Waals surface area contributed by atoms with E-state index >= 15 is 0 Å². The van der Waals surface area contributed by atoms with Gasteiger partial charge in [0.15, 0.2) is 0 Å². The van der Waals surface area contributed by atoms with Gasteiger partial charge >= 0.3 is 10.2 Å². The number of hydrogen-bond acceptors (Lipinski definition) is 5. The summed E-state index contributed by atoms with van der Waals surface area (Å²) in [5.41, 5.74) is 0. The Morgan fingerprint density at radius 3 is 2.50 bits per heavy atom. The predicted octanol–water partition coefficient (Wildman–Crippen LogP) is 1.47. The third kappa shape index (κ3) is 3.16. The first-order valence-corrected chi connectivity index (χ1v) is 9.85. The Morgan fingerprint density at radius 1 is 1.25 bits per heavy atom. The Hall–Kier alpha value is -0.640. The number of sulfonamides is 1. The van der Waals surface area contributed by atoms with E-state index in [4.69, 9.17) is 0 Å². The Bertz CT molecular complexity index is 702. The average molecular weight is 339 g/mol. The van der Waals surface area contributed by atoms with E-state index in [0.717, 1.165) is 12.1 Å². The molecule has 0 saturated carbocycles. The van der Waals surface area contributed by atoms with Crippen LogP contribution in [0.4, 0.5) is 3.89 Å². The first-order chi connectivity index (χ1) is 9.23. The highest BCUT2D eigenvalue weighted by Gasteiger charge is 2.31. The maximum absolute atomic E-state index is 13.0. The Labute approximate surface area is 122 Å². The Morgan fingerprint density at radius 2 is 1.90 bits per heavy atom. The lowest BCUT2D eigenvalue weighted by Gasteiger charge is -2.31. The van der Waals surface area contributed by atoms with E-state index in [9.17, 15) is 20.7 Å². The molecule has 5 nitrogen and oxygen atoms in total. The highest BCUT2D eigenvalue weighted by molar-refractivity contribution is 7.99. The zero-order valence-electron chi connectivity index (χ0n) is 10.7. The van der Waals surface area contributed by atoms with Crippen LogP contribution in [0.5, 0.6) is 0 Å². The summed E-state index contributed by atoms with van der Waals surface area (Å²) in [6.07, 6.45) is 0. The molecule has 1 atom stereocenters. The van der Waals surface area contributed by atoms with E-state index in [1.807, 2.05) is 0 Å². The van der Waals surface area contributed by atoms with Gasteiger partial charge < -0.3 is 0 Å². The van der Waals surface area contributed by atoms with Crippen LogP contribution in [0.25, 0.3) is 0 Å². The molecule has 2 rings (SSSR count). The first kappa shape index (κ1) is 15.7. The van der Waals surface area contributed by atoms with Crippen molar-refractivity contribution in [3.63, 3.8) is 0 Å². The predicted molar refractivity (Wildman–Crippen MR) is 75.4 cm³/mol. The molecule has 0 aromatic heterocycles. The molecule has 0 aliphatic carbocycles. The fourth-order valence-corrected chi connectivity index (χ4v) is 5.47. The van der Waals surface area contributed by atoms with Crippen LogP contribution in [-0.2, 0) is 20.2 Å². The first-order valence-electron chi connectivity index (χ1n) is 5.87. The Balaban J connectivity index is 2.44. The van der Waals surface area contributed by atoms with Crippen LogP contribution in [0.1, 0.15) is 6.92 Å². The van der Waals surface area contributed by atoms with Crippen LogP contribution in [0.15, 0.2) is 34.1 Å². The zero-order chi connectivity index (χ0) is 15.0. The third-order valence-electron chi connectivity index (χ3n) is 3.00. The molecule has 20 heavy (non-hydrogen) atoms. The van der Waals surface area contributed by atoms with Crippen LogP contribution >= 0.6 is 11.8 Å². The van der Waals surface area contributed by atoms with Gasteiger partial charge in [0.2, 0.25) is 10.0 Å². The van der Waals surface area contributed by atoms with E-state index in [1.54, 1.807) is 18.7 Å². The summed E-state index contributed by atoms with van der Waals surface area (Å²) >= 11 is 1.66. The van der Waals surface area contributed by atoms with Gasteiger partial charge in [0.25, 0.3) is 0 Å². The SMILES string of the molecule is CC1CSCCN1S(=O)(=O)c1cccc(S(=O)(=O)F)c1. The average Bonchev–Trinajstić information content (AvgIpc) is 2.38. The van der Waals surface area contributed by atoms with Crippen molar-refractivity contribution < 1.29 is 20.7 Å². The topological polar surface area (TPSA) is 71.5 Å². The fourth-order valence-electron chi connectivity index (χ4n) is 1.99. The number of nitrogens with zero attached hydrogens (tertiary/aromatic N) is 1. The molecule has 0 radical (unpaired) electrons. The smallest absolute Gasteiger partial charge is 0.207 e. The van der Waals surface area contributed by atoms with Crippen LogP contribution in [-0.4, -0.2) is 45.2 Å². The fraction of sp³-hybridized carbons (Fsp3) is 0.455. The van der Waals surface area contributed by atoms with Gasteiger partial charge in [-0.1, -0.05) is 6.07 Å². The number of hydrogen-bond donors (Lipinski definition) is 0. The maximum Gasteiger partial charge on any atom is 0.332 e. The van der Waals surface area contributed by atoms with E-state index in [0.29, 0.717) is 18.1 Å². The second-order valence-electron chi connectivity index (χ2n) is 4.45. The second kappa shape index (κ2) is 5.63. The molecule has 1 aliphatic rings. The minimum Gasteiger partial charge on any atom is -0.207 e. The molecule has 1 saturated heterocycles. The molecule has 0 N–H and O–H groups in total. The van der Waals surface area contributed by atoms with Crippen molar-refractivity contribution in [3.05, 3.63) is 24.3 Å². The van der Waals surface area contributed by atoms with Crippen LogP contribution in [0, 0.1) is 0 Å². The molecular formula is C11H14FNO4S3. The van der Waals surface area contributed by atoms with Crippen molar-refractivity contribution in [1.29, 1.82) is 0 Å². The normalized spacial score (nSPS) is 21.8. The lowest BCUT2D eigenvalue weighted by atomic mass is 10.4. The summed E-state index contributed by atoms with van der Waals surface area (Å²) in [7, 11) is -8.72. The van der Waals surface area contributed by atoms with Gasteiger partial charge in [-0.25, -0.2) is 8.42 Å². The lowest BCUT2D eigenvalue weighted by Crippen LogP contribution is -2.44. The summed E-state index contributed by atoms with van der Waals surface area (Å²) in [5, 5.41) is 0. The molecular weight excluding hydrogens is 325 g/mol. The van der Waals surface area contributed by atoms with E-state index in [1.165, 1.54) is 16.4 Å². The summed E-state index contributed by atoms with van der Waals surface area (Å²) < 4.78 is 61.0. The molecule has 1 fully saturated rings. The third-order valence-corrected chi connectivity index (χ3v) is 7.02. The molecule has 0 bridgehead atoms. The molecule has 1 aliphatic heterocycles. The van der Waals surface area contributed by atoms with Crippen molar-refractivity contribution in [3.8, 4) is 0 Å². The van der Waals surface area contributed by atoms with Crippen LogP contribution in [0.3, 0.4) is 0 Å². The number of halogens is 1. The van der Waals surface area contributed by atoms with Gasteiger partial charge in [-0.15, -0.1) is 3.89 Å². The molecule has 9 heteroatoms. The highest BCUT2D eigenvalue weighted by Crippen LogP contribution is 2.26. The second-order valence-corrected chi connectivity index (χ2v) is 8.84. The summed E-state index contributed by atoms with van der Waals surface area (Å²) in [5.74, 6) is 1.37. The van der Waals surface area contributed by atoms with Crippen LogP contribution in [0.2, 0.25) is 0 Å². The zero-order valence-corrected chi connectivity index (χ0v) is 13.1. The van der Waals surface area contributed by atoms with Gasteiger partial charge in [0.05, 0.1) is 9.79 Å². The Kier molecular flexibility index (Phi) is 4.43. The number of rotatable bonds is 3. The van der Waals surface area contributed by atoms with Crippen molar-refractivity contribution >= 4 is 32.0 Å². The van der Waals surface area contributed by atoms with Crippen molar-refractivity contribution in [2.45, 2.75) is 22.8 Å². The van der Waals surface area contributed by atoms with E-state index in [-0.39, 0.29) is 10.9 Å². The minimum atomic E-state index is -4.92. The number of benzene rings is 1. The van der Waals surface area contributed by atoms with Gasteiger partial charge in [-0.2, -0.15) is 24.5 Å². The van der Waals surface area contributed by atoms with Crippen molar-refractivity contribution in [2.75, 3.05) is 18.1 Å². The van der Waals surface area contributed by atoms with Crippen LogP contribution < -0.4 is 0 Å². The molecule has 1 unspecified atom stereocenters. The van der Waals surface area contributed by atoms with Gasteiger partial charge in [-0.05, 0) is 25.1 Å². The minimum absolute atomic E-state index is 0.176. The summed E-state index contributed by atoms with van der Waals surface area (Å²) in [4.78, 5) is -0.840. The van der Waals surface area contributed by atoms with Crippen molar-refractivity contribution in [2.24, 2.45) is 0 Å². The maximum atomic E-state index is 13.0. The molecule has 112 valence electrons. The molecule has 0 spiro atoms. The van der Waals surface area contributed by atoms with Crippen molar-refractivity contribution in [1.82, 2.24) is 4.31 Å². The lowest BCUT2D eigenvalue weighted by molar-refractivity contribution is 0.367. The van der Waals surface area contributed by atoms with E-state index in [2.05, 4.69) is 0 Å². The molecule has 0 amide bonds. The van der Waals surface area contributed by atoms with Gasteiger partial charge in [0, 0.05) is 24.1 Å². The standard InChI is InChI=1S/C11H14FNO4S3/c1-9-8-18-6-5-13(9)20(16,17)11-4-2-3-10(7-11)19(12,14)15/h2-4,7,9H,5-6,8H2,1H3. The number of thioether (sulfide) groups is 1. The summed E-state index contributed by atoms with van der Waals surface area (Å²) in [6, 6.07) is 4.22. The summed E-state index contributed by atoms with van der Waals surface area (Å²) in [6.45, 7) is 2.15. The molecule has 1 aromatic rings. The van der Waals surface area contributed by atoms with Gasteiger partial charge in [-0.3, -0.25) is 0 Å².